The van der Waals surface area contributed by atoms with Gasteiger partial charge in [0, 0.05) is 69.4 Å². The first-order valence-electron chi connectivity index (χ1n) is 15.7. The van der Waals surface area contributed by atoms with Gasteiger partial charge in [-0.3, -0.25) is 34.1 Å². The normalized spacial score (nSPS) is 21.3. The van der Waals surface area contributed by atoms with Crippen LogP contribution in [0.15, 0.2) is 52.8 Å². The number of carbonyl (C=O) groups is 2. The highest BCUT2D eigenvalue weighted by Gasteiger charge is 2.32. The lowest BCUT2D eigenvalue weighted by Gasteiger charge is -2.38. The number of carbonyl (C=O) groups excluding carboxylic acids is 2. The highest BCUT2D eigenvalue weighted by Crippen LogP contribution is 2.36. The number of hydrogen-bond donors (Lipinski definition) is 2. The van der Waals surface area contributed by atoms with Crippen molar-refractivity contribution in [3.05, 3.63) is 74.8 Å². The van der Waals surface area contributed by atoms with Crippen LogP contribution in [0.5, 0.6) is 0 Å². The minimum atomic E-state index is -0.749. The number of amides is 2. The summed E-state index contributed by atoms with van der Waals surface area (Å²) in [7, 11) is 0. The Hall–Kier alpha value is -3.57. The maximum absolute atomic E-state index is 13.7. The number of ether oxygens (including phenoxy) is 1. The zero-order valence-corrected chi connectivity index (χ0v) is 27.0. The quantitative estimate of drug-likeness (QED) is 0.359. The van der Waals surface area contributed by atoms with E-state index < -0.39 is 11.9 Å². The van der Waals surface area contributed by atoms with Gasteiger partial charge in [0.15, 0.2) is 0 Å². The topological polar surface area (TPSA) is 109 Å². The summed E-state index contributed by atoms with van der Waals surface area (Å²) in [5.41, 5.74) is 4.75. The van der Waals surface area contributed by atoms with Crippen molar-refractivity contribution in [3.63, 3.8) is 0 Å². The second-order valence-electron chi connectivity index (χ2n) is 12.9. The number of hydrogen-bond acceptors (Lipinski definition) is 8. The number of nitrogens with zero attached hydrogens (tertiary/aromatic N) is 4. The molecule has 1 unspecified atom stereocenters. The Bertz CT molecular complexity index is 1690. The van der Waals surface area contributed by atoms with E-state index in [1.807, 2.05) is 30.3 Å². The number of rotatable bonds is 8. The molecule has 1 aromatic heterocycles. The summed E-state index contributed by atoms with van der Waals surface area (Å²) in [6, 6.07) is 13.0. The molecular formula is C34H41ClN6O4. The van der Waals surface area contributed by atoms with Gasteiger partial charge in [-0.15, -0.1) is 0 Å². The Morgan fingerprint density at radius 2 is 1.78 bits per heavy atom. The SMILES string of the molecule is Cc1nc2cccc(NCCN3CCN(CC4=C(c5ccc(Cl)cc5)CC(C)(C)OC4)CC3)c2c(=O)n1C1CCC(=O)NC1=O. The van der Waals surface area contributed by atoms with E-state index in [1.54, 1.807) is 6.92 Å². The average molecular weight is 633 g/mol. The van der Waals surface area contributed by atoms with Crippen molar-refractivity contribution >= 4 is 45.6 Å². The summed E-state index contributed by atoms with van der Waals surface area (Å²) in [6.07, 6.45) is 1.35. The summed E-state index contributed by atoms with van der Waals surface area (Å²) >= 11 is 6.17. The van der Waals surface area contributed by atoms with E-state index in [0.29, 0.717) is 35.6 Å². The van der Waals surface area contributed by atoms with E-state index >= 15 is 0 Å². The van der Waals surface area contributed by atoms with E-state index in [1.165, 1.54) is 21.3 Å². The maximum atomic E-state index is 13.7. The second-order valence-corrected chi connectivity index (χ2v) is 13.3. The van der Waals surface area contributed by atoms with Crippen molar-refractivity contribution < 1.29 is 14.3 Å². The Morgan fingerprint density at radius 1 is 1.04 bits per heavy atom. The van der Waals surface area contributed by atoms with E-state index in [0.717, 1.165) is 50.7 Å². The van der Waals surface area contributed by atoms with Crippen LogP contribution < -0.4 is 16.2 Å². The summed E-state index contributed by atoms with van der Waals surface area (Å²) in [5.74, 6) is -0.318. The molecule has 4 heterocycles. The van der Waals surface area contributed by atoms with Gasteiger partial charge >= 0.3 is 0 Å². The van der Waals surface area contributed by atoms with Crippen LogP contribution >= 0.6 is 11.6 Å². The number of aryl methyl sites for hydroxylation is 1. The van der Waals surface area contributed by atoms with Crippen LogP contribution in [-0.4, -0.2) is 89.2 Å². The Kier molecular flexibility index (Phi) is 9.10. The predicted molar refractivity (Wildman–Crippen MR) is 177 cm³/mol. The van der Waals surface area contributed by atoms with E-state index in [-0.39, 0.29) is 29.9 Å². The Morgan fingerprint density at radius 3 is 2.51 bits per heavy atom. The molecule has 10 nitrogen and oxygen atoms in total. The van der Waals surface area contributed by atoms with E-state index in [9.17, 15) is 14.4 Å². The number of halogens is 1. The first kappa shape index (κ1) is 31.4. The highest BCUT2D eigenvalue weighted by molar-refractivity contribution is 6.30. The van der Waals surface area contributed by atoms with Gasteiger partial charge in [-0.2, -0.15) is 0 Å². The minimum absolute atomic E-state index is 0.193. The summed E-state index contributed by atoms with van der Waals surface area (Å²) in [5, 5.41) is 7.02. The lowest BCUT2D eigenvalue weighted by atomic mass is 9.87. The third kappa shape index (κ3) is 6.99. The number of anilines is 1. The molecule has 0 radical (unpaired) electrons. The molecule has 45 heavy (non-hydrogen) atoms. The Labute approximate surface area is 268 Å². The van der Waals surface area contributed by atoms with Gasteiger partial charge in [0.25, 0.3) is 5.56 Å². The number of aromatic nitrogens is 2. The van der Waals surface area contributed by atoms with Crippen molar-refractivity contribution in [3.8, 4) is 0 Å². The molecule has 238 valence electrons. The number of fused-ring (bicyclic) bond motifs is 1. The molecule has 3 aliphatic rings. The summed E-state index contributed by atoms with van der Waals surface area (Å²) < 4.78 is 7.65. The van der Waals surface area contributed by atoms with Crippen molar-refractivity contribution in [1.29, 1.82) is 0 Å². The number of nitrogens with one attached hydrogen (secondary N) is 2. The molecule has 0 saturated carbocycles. The fraction of sp³-hybridized carbons (Fsp3) is 0.471. The molecule has 2 saturated heterocycles. The van der Waals surface area contributed by atoms with Crippen LogP contribution in [0.2, 0.25) is 5.02 Å². The van der Waals surface area contributed by atoms with Crippen LogP contribution in [0, 0.1) is 6.92 Å². The number of imide groups is 1. The van der Waals surface area contributed by atoms with Crippen LogP contribution in [0.1, 0.15) is 50.5 Å². The van der Waals surface area contributed by atoms with Gasteiger partial charge in [-0.25, -0.2) is 4.98 Å². The molecule has 0 aliphatic carbocycles. The van der Waals surface area contributed by atoms with Gasteiger partial charge < -0.3 is 10.1 Å². The zero-order valence-electron chi connectivity index (χ0n) is 26.2. The van der Waals surface area contributed by atoms with Crippen LogP contribution in [-0.2, 0) is 14.3 Å². The molecule has 3 aliphatic heterocycles. The number of benzene rings is 2. The summed E-state index contributed by atoms with van der Waals surface area (Å²) in [6.45, 7) is 12.9. The predicted octanol–water partition coefficient (Wildman–Crippen LogP) is 4.02. The molecule has 11 heteroatoms. The number of piperidine rings is 1. The lowest BCUT2D eigenvalue weighted by molar-refractivity contribution is -0.135. The van der Waals surface area contributed by atoms with Gasteiger partial charge in [0.2, 0.25) is 11.8 Å². The van der Waals surface area contributed by atoms with Gasteiger partial charge in [0.1, 0.15) is 11.9 Å². The summed E-state index contributed by atoms with van der Waals surface area (Å²) in [4.78, 5) is 47.5. The second kappa shape index (κ2) is 13.0. The van der Waals surface area contributed by atoms with Crippen LogP contribution in [0.25, 0.3) is 16.5 Å². The molecule has 6 rings (SSSR count). The molecule has 0 spiro atoms. The van der Waals surface area contributed by atoms with E-state index in [4.69, 9.17) is 16.3 Å². The molecule has 2 amide bonds. The van der Waals surface area contributed by atoms with Crippen molar-refractivity contribution in [2.45, 2.75) is 51.7 Å². The lowest BCUT2D eigenvalue weighted by Crippen LogP contribution is -2.48. The average Bonchev–Trinajstić information content (AvgIpc) is 3.00. The van der Waals surface area contributed by atoms with Gasteiger partial charge in [-0.05, 0) is 68.2 Å². The molecule has 2 fully saturated rings. The first-order chi connectivity index (χ1) is 21.6. The fourth-order valence-electron chi connectivity index (χ4n) is 6.66. The molecule has 1 atom stereocenters. The first-order valence-corrected chi connectivity index (χ1v) is 16.1. The maximum Gasteiger partial charge on any atom is 0.264 e. The van der Waals surface area contributed by atoms with Crippen molar-refractivity contribution in [2.24, 2.45) is 0 Å². The third-order valence-corrected chi connectivity index (χ3v) is 9.36. The third-order valence-electron chi connectivity index (χ3n) is 9.11. The minimum Gasteiger partial charge on any atom is -0.383 e. The molecule has 0 bridgehead atoms. The largest absolute Gasteiger partial charge is 0.383 e. The van der Waals surface area contributed by atoms with Gasteiger partial charge in [0.05, 0.1) is 23.1 Å². The highest BCUT2D eigenvalue weighted by atomic mass is 35.5. The molecule has 2 aromatic carbocycles. The smallest absolute Gasteiger partial charge is 0.264 e. The molecule has 2 N–H and O–H groups in total. The van der Waals surface area contributed by atoms with Crippen LogP contribution in [0.3, 0.4) is 0 Å². The van der Waals surface area contributed by atoms with Crippen molar-refractivity contribution in [1.82, 2.24) is 24.7 Å². The molecule has 3 aromatic rings. The molecular weight excluding hydrogens is 592 g/mol. The van der Waals surface area contributed by atoms with Crippen LogP contribution in [0.4, 0.5) is 5.69 Å². The number of piperazine rings is 1. The van der Waals surface area contributed by atoms with Crippen molar-refractivity contribution in [2.75, 3.05) is 57.7 Å². The van der Waals surface area contributed by atoms with Gasteiger partial charge in [-0.1, -0.05) is 29.8 Å². The zero-order chi connectivity index (χ0) is 31.7. The Balaban J connectivity index is 1.08. The standard InChI is InChI=1S/C34H41ClN6O4/c1-22-37-28-6-4-5-27(31(28)33(44)41(22)29-11-12-30(42)38-32(29)43)36-13-14-39-15-17-40(18-16-39)20-24-21-45-34(2,3)19-26(24)23-7-9-25(35)10-8-23/h4-10,29,36H,11-21H2,1-3H3,(H,38,42,43). The fourth-order valence-corrected chi connectivity index (χ4v) is 6.78. The monoisotopic (exact) mass is 632 g/mol. The van der Waals surface area contributed by atoms with E-state index in [2.05, 4.69) is 51.4 Å².